The maximum atomic E-state index is 10.8. The minimum absolute atomic E-state index is 0.0619. The summed E-state index contributed by atoms with van der Waals surface area (Å²) in [6.07, 6.45) is -0.0619. The lowest BCUT2D eigenvalue weighted by atomic mass is 10.3. The summed E-state index contributed by atoms with van der Waals surface area (Å²) in [5.41, 5.74) is -0.464. The quantitative estimate of drug-likeness (QED) is 0.359. The lowest BCUT2D eigenvalue weighted by molar-refractivity contribution is -0.140. The van der Waals surface area contributed by atoms with Crippen LogP contribution in [0.4, 0.5) is 0 Å². The van der Waals surface area contributed by atoms with Gasteiger partial charge in [-0.15, -0.1) is 12.6 Å². The third kappa shape index (κ3) is 1.23. The molecule has 1 aliphatic heterocycles. The number of nitrogens with zero attached hydrogens (tertiary/aromatic N) is 1. The largest absolute Gasteiger partial charge is 0.327 e. The molecule has 0 aromatic heterocycles. The molecule has 0 aliphatic carbocycles. The molecule has 1 atom stereocenters. The molecule has 2 amide bonds. The summed E-state index contributed by atoms with van der Waals surface area (Å²) < 4.78 is 0. The van der Waals surface area contributed by atoms with Crippen LogP contribution in [0.1, 0.15) is 6.42 Å². The van der Waals surface area contributed by atoms with E-state index in [9.17, 15) is 9.59 Å². The maximum absolute atomic E-state index is 10.8. The lowest BCUT2D eigenvalue weighted by Gasteiger charge is -2.28. The van der Waals surface area contributed by atoms with Gasteiger partial charge in [-0.2, -0.15) is 0 Å². The second-order valence-electron chi connectivity index (χ2n) is 2.12. The van der Waals surface area contributed by atoms with Gasteiger partial charge < -0.3 is 10.2 Å². The highest BCUT2D eigenvalue weighted by Gasteiger charge is 2.25. The zero-order valence-corrected chi connectivity index (χ0v) is 6.39. The van der Waals surface area contributed by atoms with Crippen LogP contribution in [0.3, 0.4) is 0 Å². The number of nitrogens with one attached hydrogen (secondary N) is 1. The Kier molecular flexibility index (Phi) is 1.85. The van der Waals surface area contributed by atoms with Gasteiger partial charge in [-0.25, -0.2) is 0 Å². The summed E-state index contributed by atoms with van der Waals surface area (Å²) in [7, 11) is 1.60. The van der Waals surface area contributed by atoms with Crippen LogP contribution in [-0.4, -0.2) is 29.3 Å². The minimum Gasteiger partial charge on any atom is -0.327 e. The van der Waals surface area contributed by atoms with E-state index in [0.717, 1.165) is 0 Å². The summed E-state index contributed by atoms with van der Waals surface area (Å²) in [6.45, 7) is 0. The molecular weight excluding hydrogens is 152 g/mol. The number of carbonyl (C=O) groups is 2. The van der Waals surface area contributed by atoms with Crippen LogP contribution in [-0.2, 0) is 9.59 Å². The van der Waals surface area contributed by atoms with Crippen LogP contribution in [0.5, 0.6) is 0 Å². The van der Waals surface area contributed by atoms with Crippen LogP contribution in [0.2, 0.25) is 0 Å². The fourth-order valence-electron chi connectivity index (χ4n) is 0.690. The van der Waals surface area contributed by atoms with Crippen molar-refractivity contribution in [1.29, 1.82) is 0 Å². The molecule has 1 heterocycles. The molecule has 1 rings (SSSR count). The minimum atomic E-state index is -0.464. The third-order valence-electron chi connectivity index (χ3n) is 1.36. The summed E-state index contributed by atoms with van der Waals surface area (Å²) in [5, 5.41) is 2.49. The van der Waals surface area contributed by atoms with Gasteiger partial charge in [0.15, 0.2) is 0 Å². The molecule has 0 bridgehead atoms. The Balaban J connectivity index is 2.66. The van der Waals surface area contributed by atoms with Crippen molar-refractivity contribution in [3.63, 3.8) is 0 Å². The highest BCUT2D eigenvalue weighted by atomic mass is 32.1. The Hall–Kier alpha value is -0.710. The van der Waals surface area contributed by atoms with Crippen LogP contribution >= 0.6 is 12.6 Å². The van der Waals surface area contributed by atoms with E-state index in [1.54, 1.807) is 7.05 Å². The van der Waals surface area contributed by atoms with Gasteiger partial charge in [0.1, 0.15) is 11.9 Å². The van der Waals surface area contributed by atoms with Crippen molar-refractivity contribution in [2.45, 2.75) is 11.9 Å². The van der Waals surface area contributed by atoms with Gasteiger partial charge in [0, 0.05) is 7.05 Å². The Morgan fingerprint density at radius 2 is 2.30 bits per heavy atom. The van der Waals surface area contributed by atoms with E-state index in [4.69, 9.17) is 0 Å². The van der Waals surface area contributed by atoms with Crippen molar-refractivity contribution in [3.8, 4) is 0 Å². The molecule has 10 heavy (non-hydrogen) atoms. The number of hydrogen-bond donors (Lipinski definition) is 2. The number of carbonyl (C=O) groups excluding carboxylic acids is 2. The van der Waals surface area contributed by atoms with Crippen molar-refractivity contribution >= 4 is 24.4 Å². The van der Waals surface area contributed by atoms with Crippen LogP contribution in [0.25, 0.3) is 0 Å². The summed E-state index contributed by atoms with van der Waals surface area (Å²) in [6, 6.07) is 0. The first kappa shape index (κ1) is 7.40. The van der Waals surface area contributed by atoms with Gasteiger partial charge in [-0.3, -0.25) is 9.59 Å². The van der Waals surface area contributed by atoms with Gasteiger partial charge in [0.05, 0.1) is 0 Å². The van der Waals surface area contributed by atoms with Gasteiger partial charge in [-0.1, -0.05) is 0 Å². The predicted octanol–water partition coefficient (Wildman–Crippen LogP) is -0.822. The first-order valence-corrected chi connectivity index (χ1v) is 3.36. The van der Waals surface area contributed by atoms with E-state index in [-0.39, 0.29) is 18.2 Å². The molecule has 1 unspecified atom stereocenters. The fourth-order valence-corrected chi connectivity index (χ4v) is 0.963. The Morgan fingerprint density at radius 3 is 2.80 bits per heavy atom. The second kappa shape index (κ2) is 2.49. The average Bonchev–Trinajstić information content (AvgIpc) is 1.82. The molecule has 1 saturated heterocycles. The Morgan fingerprint density at radius 1 is 1.70 bits per heavy atom. The summed E-state index contributed by atoms with van der Waals surface area (Å²) in [5.74, 6) is -0.452. The normalized spacial score (nSPS) is 26.6. The van der Waals surface area contributed by atoms with E-state index in [0.29, 0.717) is 0 Å². The summed E-state index contributed by atoms with van der Waals surface area (Å²) >= 11 is 3.95. The molecular formula is C5H8N2O2S. The molecule has 56 valence electrons. The van der Waals surface area contributed by atoms with Gasteiger partial charge in [0.25, 0.3) is 0 Å². The number of thiol groups is 1. The van der Waals surface area contributed by atoms with Gasteiger partial charge in [-0.05, 0) is 0 Å². The molecule has 1 fully saturated rings. The molecule has 0 aromatic rings. The van der Waals surface area contributed by atoms with Crippen molar-refractivity contribution in [1.82, 2.24) is 10.2 Å². The zero-order valence-electron chi connectivity index (χ0n) is 5.50. The van der Waals surface area contributed by atoms with Gasteiger partial charge in [0.2, 0.25) is 11.8 Å². The van der Waals surface area contributed by atoms with Crippen molar-refractivity contribution in [3.05, 3.63) is 0 Å². The third-order valence-corrected chi connectivity index (χ3v) is 1.84. The van der Waals surface area contributed by atoms with E-state index < -0.39 is 5.50 Å². The van der Waals surface area contributed by atoms with Gasteiger partial charge >= 0.3 is 0 Å². The lowest BCUT2D eigenvalue weighted by Crippen LogP contribution is -2.52. The number of amides is 2. The molecule has 0 radical (unpaired) electrons. The van der Waals surface area contributed by atoms with Crippen LogP contribution in [0.15, 0.2) is 0 Å². The highest BCUT2D eigenvalue weighted by Crippen LogP contribution is 2.06. The van der Waals surface area contributed by atoms with Crippen molar-refractivity contribution in [2.75, 3.05) is 7.05 Å². The highest BCUT2D eigenvalue weighted by molar-refractivity contribution is 7.80. The van der Waals surface area contributed by atoms with E-state index in [1.807, 2.05) is 0 Å². The second-order valence-corrected chi connectivity index (χ2v) is 2.61. The van der Waals surface area contributed by atoms with E-state index in [2.05, 4.69) is 17.9 Å². The van der Waals surface area contributed by atoms with Crippen molar-refractivity contribution in [2.24, 2.45) is 0 Å². The van der Waals surface area contributed by atoms with Crippen LogP contribution < -0.4 is 5.32 Å². The molecule has 1 aliphatic rings. The fraction of sp³-hybridized carbons (Fsp3) is 0.600. The Bertz CT molecular complexity index is 182. The number of hydrogen-bond acceptors (Lipinski definition) is 3. The standard InChI is InChI=1S/C5H8N2O2S/c1-7-4(9)2-3(8)6-5(7)10/h5,10H,2H2,1H3,(H,6,8). The zero-order chi connectivity index (χ0) is 7.72. The average molecular weight is 160 g/mol. The first-order valence-electron chi connectivity index (χ1n) is 2.84. The first-order chi connectivity index (χ1) is 4.61. The molecule has 4 nitrogen and oxygen atoms in total. The molecule has 0 saturated carbocycles. The van der Waals surface area contributed by atoms with E-state index in [1.165, 1.54) is 4.90 Å². The molecule has 0 spiro atoms. The SMILES string of the molecule is CN1C(=O)CC(=O)NC1S. The van der Waals surface area contributed by atoms with Crippen LogP contribution in [0, 0.1) is 0 Å². The smallest absolute Gasteiger partial charge is 0.234 e. The monoisotopic (exact) mass is 160 g/mol. The summed E-state index contributed by atoms with van der Waals surface area (Å²) in [4.78, 5) is 22.8. The maximum Gasteiger partial charge on any atom is 0.234 e. The number of rotatable bonds is 0. The molecule has 1 N–H and O–H groups in total. The molecule has 0 aromatic carbocycles. The van der Waals surface area contributed by atoms with E-state index >= 15 is 0 Å². The Labute approximate surface area is 64.0 Å². The molecule has 5 heteroatoms. The predicted molar refractivity (Wildman–Crippen MR) is 38.3 cm³/mol. The van der Waals surface area contributed by atoms with Crippen molar-refractivity contribution < 1.29 is 9.59 Å². The topological polar surface area (TPSA) is 49.4 Å².